The quantitative estimate of drug-likeness (QED) is 0.601. The van der Waals surface area contributed by atoms with Gasteiger partial charge >= 0.3 is 18.2 Å². The number of hydrogen-bond donors (Lipinski definition) is 1. The number of aromatic nitrogens is 2. The van der Waals surface area contributed by atoms with E-state index in [0.29, 0.717) is 38.2 Å². The number of nitrogens with zero attached hydrogens (tertiary/aromatic N) is 5. The van der Waals surface area contributed by atoms with Gasteiger partial charge in [-0.3, -0.25) is 4.90 Å². The van der Waals surface area contributed by atoms with Gasteiger partial charge in [0, 0.05) is 49.1 Å². The summed E-state index contributed by atoms with van der Waals surface area (Å²) in [5, 5.41) is 12.9. The van der Waals surface area contributed by atoms with Crippen LogP contribution in [0.5, 0.6) is 0 Å². The van der Waals surface area contributed by atoms with E-state index in [1.54, 1.807) is 11.0 Å². The third-order valence-electron chi connectivity index (χ3n) is 8.09. The fourth-order valence-corrected chi connectivity index (χ4v) is 5.48. The molecule has 0 aliphatic carbocycles. The van der Waals surface area contributed by atoms with Crippen molar-refractivity contribution in [2.24, 2.45) is 0 Å². The molecule has 4 rings (SSSR count). The van der Waals surface area contributed by atoms with Crippen LogP contribution in [0.2, 0.25) is 0 Å². The van der Waals surface area contributed by atoms with Crippen LogP contribution in [-0.2, 0) is 12.7 Å². The second kappa shape index (κ2) is 10.00. The van der Waals surface area contributed by atoms with Crippen molar-refractivity contribution >= 4 is 17.7 Å². The summed E-state index contributed by atoms with van der Waals surface area (Å²) in [7, 11) is 1.97. The highest BCUT2D eigenvalue weighted by Crippen LogP contribution is 2.39. The Morgan fingerprint density at radius 3 is 2.30 bits per heavy atom. The number of rotatable bonds is 5. The molecule has 1 aromatic heterocycles. The predicted octanol–water partition coefficient (Wildman–Crippen LogP) is 4.93. The van der Waals surface area contributed by atoms with Crippen LogP contribution in [0.25, 0.3) is 0 Å². The Balaban J connectivity index is 1.49. The maximum absolute atomic E-state index is 13.6. The monoisotopic (exact) mass is 521 g/mol. The van der Waals surface area contributed by atoms with Gasteiger partial charge in [-0.2, -0.15) is 23.0 Å². The number of carbonyl (C=O) groups excluding carboxylic acids is 1. The standard InChI is InChI=1S/C26H34F3N5O3/c1-17-5-6-18(2)34(17)22-15-20(26(27,28)29)8-7-19(22)16-31(4)25(3)10-13-32(14-11-25)24(37)33-12-9-21(30-33)23(35)36/h7-9,12,15,17-18H,5-6,10-11,13-14,16H2,1-4H3,(H,35,36)/t17-,18-/m1/s1. The number of halogens is 3. The zero-order chi connectivity index (χ0) is 27.1. The lowest BCUT2D eigenvalue weighted by Crippen LogP contribution is -2.53. The Bertz CT molecular complexity index is 1150. The molecule has 8 nitrogen and oxygen atoms in total. The molecule has 0 spiro atoms. The predicted molar refractivity (Wildman–Crippen MR) is 133 cm³/mol. The second-order valence-corrected chi connectivity index (χ2v) is 10.6. The van der Waals surface area contributed by atoms with Crippen LogP contribution < -0.4 is 4.90 Å². The molecule has 2 fully saturated rings. The highest BCUT2D eigenvalue weighted by Gasteiger charge is 2.38. The van der Waals surface area contributed by atoms with E-state index in [4.69, 9.17) is 5.11 Å². The number of carboxylic acid groups (broad SMARTS) is 1. The molecule has 2 saturated heterocycles. The molecule has 11 heteroatoms. The van der Waals surface area contributed by atoms with E-state index in [1.807, 2.05) is 7.05 Å². The van der Waals surface area contributed by atoms with Crippen molar-refractivity contribution in [1.82, 2.24) is 19.6 Å². The third-order valence-corrected chi connectivity index (χ3v) is 8.09. The van der Waals surface area contributed by atoms with Gasteiger partial charge in [0.1, 0.15) is 0 Å². The van der Waals surface area contributed by atoms with Crippen molar-refractivity contribution in [2.75, 3.05) is 25.0 Å². The Hall–Kier alpha value is -3.08. The third kappa shape index (κ3) is 5.46. The minimum Gasteiger partial charge on any atom is -0.476 e. The number of aromatic carboxylic acids is 1. The number of alkyl halides is 3. The molecule has 37 heavy (non-hydrogen) atoms. The van der Waals surface area contributed by atoms with Crippen molar-refractivity contribution in [3.63, 3.8) is 0 Å². The van der Waals surface area contributed by atoms with Gasteiger partial charge in [0.15, 0.2) is 5.69 Å². The van der Waals surface area contributed by atoms with Crippen molar-refractivity contribution in [3.05, 3.63) is 47.3 Å². The summed E-state index contributed by atoms with van der Waals surface area (Å²) in [4.78, 5) is 29.8. The maximum atomic E-state index is 13.6. The van der Waals surface area contributed by atoms with Crippen molar-refractivity contribution < 1.29 is 27.9 Å². The van der Waals surface area contributed by atoms with Crippen LogP contribution >= 0.6 is 0 Å². The lowest BCUT2D eigenvalue weighted by molar-refractivity contribution is -0.137. The molecule has 2 aliphatic rings. The van der Waals surface area contributed by atoms with Crippen molar-refractivity contribution in [2.45, 2.75) is 76.8 Å². The summed E-state index contributed by atoms with van der Waals surface area (Å²) in [6.45, 7) is 7.63. The van der Waals surface area contributed by atoms with Gasteiger partial charge in [-0.05, 0) is 77.3 Å². The molecule has 0 saturated carbocycles. The van der Waals surface area contributed by atoms with Gasteiger partial charge in [-0.1, -0.05) is 6.07 Å². The first kappa shape index (κ1) is 27.0. The number of piperidine rings is 1. The molecule has 0 radical (unpaired) electrons. The van der Waals surface area contributed by atoms with E-state index >= 15 is 0 Å². The summed E-state index contributed by atoms with van der Waals surface area (Å²) in [6, 6.07) is 5.29. The van der Waals surface area contributed by atoms with Crippen molar-refractivity contribution in [1.29, 1.82) is 0 Å². The second-order valence-electron chi connectivity index (χ2n) is 10.6. The molecule has 2 aromatic rings. The van der Waals surface area contributed by atoms with Crippen molar-refractivity contribution in [3.8, 4) is 0 Å². The fraction of sp³-hybridized carbons (Fsp3) is 0.577. The first-order chi connectivity index (χ1) is 17.3. The Morgan fingerprint density at radius 2 is 1.76 bits per heavy atom. The number of anilines is 1. The Labute approximate surface area is 214 Å². The average Bonchev–Trinajstić information content (AvgIpc) is 3.46. The van der Waals surface area contributed by atoms with Crippen LogP contribution in [-0.4, -0.2) is 74.4 Å². The maximum Gasteiger partial charge on any atom is 0.416 e. The van der Waals surface area contributed by atoms with E-state index < -0.39 is 17.7 Å². The molecular formula is C26H34F3N5O3. The van der Waals surface area contributed by atoms with E-state index in [2.05, 4.69) is 35.7 Å². The fourth-order valence-electron chi connectivity index (χ4n) is 5.48. The number of amides is 1. The molecule has 1 N–H and O–H groups in total. The number of carboxylic acids is 1. The number of carbonyl (C=O) groups is 2. The first-order valence-corrected chi connectivity index (χ1v) is 12.6. The molecule has 202 valence electrons. The lowest BCUT2D eigenvalue weighted by atomic mass is 9.87. The van der Waals surface area contributed by atoms with Gasteiger partial charge in [0.05, 0.1) is 5.56 Å². The van der Waals surface area contributed by atoms with Gasteiger partial charge in [-0.25, -0.2) is 9.59 Å². The SMILES string of the molecule is C[C@@H]1CC[C@@H](C)N1c1cc(C(F)(F)F)ccc1CN(C)C1(C)CCN(C(=O)n2ccc(C(=O)O)n2)CC1. The van der Waals surface area contributed by atoms with Gasteiger partial charge in [-0.15, -0.1) is 0 Å². The molecule has 2 atom stereocenters. The smallest absolute Gasteiger partial charge is 0.416 e. The first-order valence-electron chi connectivity index (χ1n) is 12.6. The molecule has 1 aromatic carbocycles. The van der Waals surface area contributed by atoms with Gasteiger partial charge in [0.25, 0.3) is 0 Å². The van der Waals surface area contributed by atoms with Crippen LogP contribution in [0.15, 0.2) is 30.5 Å². The summed E-state index contributed by atoms with van der Waals surface area (Å²) in [5.74, 6) is -1.19. The normalized spacial score (nSPS) is 22.1. The van der Waals surface area contributed by atoms with Gasteiger partial charge < -0.3 is 14.9 Å². The minimum atomic E-state index is -4.41. The van der Waals surface area contributed by atoms with Crippen LogP contribution in [0.3, 0.4) is 0 Å². The molecular weight excluding hydrogens is 487 g/mol. The van der Waals surface area contributed by atoms with Gasteiger partial charge in [0.2, 0.25) is 0 Å². The summed E-state index contributed by atoms with van der Waals surface area (Å²) in [6.07, 6.45) is 0.148. The Morgan fingerprint density at radius 1 is 1.14 bits per heavy atom. The van der Waals surface area contributed by atoms with E-state index in [-0.39, 0.29) is 29.3 Å². The number of likely N-dealkylation sites (tertiary alicyclic amines) is 1. The van der Waals surface area contributed by atoms with Crippen LogP contribution in [0.1, 0.15) is 68.1 Å². The molecule has 0 unspecified atom stereocenters. The summed E-state index contributed by atoms with van der Waals surface area (Å²) in [5.41, 5.74) is 0.402. The molecule has 3 heterocycles. The van der Waals surface area contributed by atoms with Crippen LogP contribution in [0, 0.1) is 0 Å². The average molecular weight is 522 g/mol. The lowest BCUT2D eigenvalue weighted by Gasteiger charge is -2.45. The zero-order valence-electron chi connectivity index (χ0n) is 21.6. The summed E-state index contributed by atoms with van der Waals surface area (Å²) >= 11 is 0. The summed E-state index contributed by atoms with van der Waals surface area (Å²) < 4.78 is 41.7. The topological polar surface area (TPSA) is 81.9 Å². The minimum absolute atomic E-state index is 0.163. The highest BCUT2D eigenvalue weighted by atomic mass is 19.4. The Kier molecular flexibility index (Phi) is 7.29. The number of benzene rings is 1. The molecule has 0 bridgehead atoms. The number of hydrogen-bond acceptors (Lipinski definition) is 5. The molecule has 2 aliphatic heterocycles. The van der Waals surface area contributed by atoms with Crippen LogP contribution in [0.4, 0.5) is 23.7 Å². The van der Waals surface area contributed by atoms with E-state index in [9.17, 15) is 22.8 Å². The largest absolute Gasteiger partial charge is 0.476 e. The van der Waals surface area contributed by atoms with E-state index in [1.165, 1.54) is 18.3 Å². The molecule has 1 amide bonds. The highest BCUT2D eigenvalue weighted by molar-refractivity contribution is 5.86. The van der Waals surface area contributed by atoms with E-state index in [0.717, 1.165) is 29.2 Å². The zero-order valence-corrected chi connectivity index (χ0v) is 21.6.